The molecule has 0 aliphatic rings. The van der Waals surface area contributed by atoms with Crippen LogP contribution >= 0.6 is 0 Å². The number of aliphatic hydroxyl groups excluding tert-OH is 1. The average molecular weight is 201 g/mol. The molecule has 0 aliphatic heterocycles. The highest BCUT2D eigenvalue weighted by molar-refractivity contribution is 5.27. The third kappa shape index (κ3) is 2.27. The summed E-state index contributed by atoms with van der Waals surface area (Å²) in [6, 6.07) is 1.62. The molecule has 14 heavy (non-hydrogen) atoms. The molecule has 0 amide bonds. The van der Waals surface area contributed by atoms with Gasteiger partial charge in [-0.3, -0.25) is 0 Å². The number of hydrogen-bond donors (Lipinski definition) is 2. The van der Waals surface area contributed by atoms with Crippen LogP contribution in [0, 0.1) is 18.6 Å². The van der Waals surface area contributed by atoms with E-state index in [4.69, 9.17) is 10.8 Å². The van der Waals surface area contributed by atoms with Crippen LogP contribution in [-0.2, 0) is 0 Å². The minimum Gasteiger partial charge on any atom is -0.396 e. The van der Waals surface area contributed by atoms with E-state index in [1.54, 1.807) is 6.92 Å². The number of aliphatic hydroxyl groups is 1. The lowest BCUT2D eigenvalue weighted by molar-refractivity contribution is 0.275. The van der Waals surface area contributed by atoms with E-state index in [0.29, 0.717) is 5.56 Å². The molecule has 0 aromatic heterocycles. The van der Waals surface area contributed by atoms with Gasteiger partial charge in [-0.15, -0.1) is 0 Å². The van der Waals surface area contributed by atoms with Crippen molar-refractivity contribution in [3.05, 3.63) is 34.9 Å². The van der Waals surface area contributed by atoms with Gasteiger partial charge < -0.3 is 10.8 Å². The Bertz CT molecular complexity index is 328. The fourth-order valence-corrected chi connectivity index (χ4v) is 1.26. The van der Waals surface area contributed by atoms with Crippen LogP contribution in [0.4, 0.5) is 8.78 Å². The van der Waals surface area contributed by atoms with E-state index in [0.717, 1.165) is 6.07 Å². The van der Waals surface area contributed by atoms with E-state index in [1.165, 1.54) is 6.07 Å². The Morgan fingerprint density at radius 1 is 1.36 bits per heavy atom. The molecule has 4 heteroatoms. The second-order valence-electron chi connectivity index (χ2n) is 3.24. The van der Waals surface area contributed by atoms with Crippen molar-refractivity contribution < 1.29 is 13.9 Å². The van der Waals surface area contributed by atoms with Crippen LogP contribution in [-0.4, -0.2) is 11.7 Å². The van der Waals surface area contributed by atoms with Crippen LogP contribution in [0.3, 0.4) is 0 Å². The molecule has 0 saturated carbocycles. The molecule has 0 aliphatic carbocycles. The van der Waals surface area contributed by atoms with Crippen molar-refractivity contribution in [2.75, 3.05) is 6.61 Å². The maximum Gasteiger partial charge on any atom is 0.130 e. The Balaban J connectivity index is 3.02. The number of rotatable bonds is 3. The molecule has 0 saturated heterocycles. The number of aryl methyl sites for hydroxylation is 1. The summed E-state index contributed by atoms with van der Waals surface area (Å²) in [4.78, 5) is 0. The molecule has 0 spiro atoms. The Hall–Kier alpha value is -1.00. The summed E-state index contributed by atoms with van der Waals surface area (Å²) in [6.07, 6.45) is 0.266. The van der Waals surface area contributed by atoms with Gasteiger partial charge in [0.05, 0.1) is 0 Å². The molecule has 1 unspecified atom stereocenters. The maximum atomic E-state index is 13.2. The SMILES string of the molecule is Cc1cc(C(N)CCO)c(F)cc1F. The molecule has 78 valence electrons. The number of halogens is 2. The zero-order valence-electron chi connectivity index (χ0n) is 7.93. The summed E-state index contributed by atoms with van der Waals surface area (Å²) < 4.78 is 26.1. The zero-order chi connectivity index (χ0) is 10.7. The van der Waals surface area contributed by atoms with Gasteiger partial charge in [0.1, 0.15) is 11.6 Å². The number of benzene rings is 1. The van der Waals surface area contributed by atoms with Gasteiger partial charge in [-0.05, 0) is 25.0 Å². The molecule has 3 N–H and O–H groups in total. The first-order valence-corrected chi connectivity index (χ1v) is 4.38. The fourth-order valence-electron chi connectivity index (χ4n) is 1.26. The minimum atomic E-state index is -0.658. The minimum absolute atomic E-state index is 0.114. The standard InChI is InChI=1S/C10H13F2NO/c1-6-4-7(10(13)2-3-14)9(12)5-8(6)11/h4-5,10,14H,2-3,13H2,1H3. The molecule has 1 atom stereocenters. The van der Waals surface area contributed by atoms with E-state index in [-0.39, 0.29) is 18.6 Å². The van der Waals surface area contributed by atoms with Crippen molar-refractivity contribution in [3.63, 3.8) is 0 Å². The van der Waals surface area contributed by atoms with Crippen molar-refractivity contribution in [2.45, 2.75) is 19.4 Å². The van der Waals surface area contributed by atoms with Crippen LogP contribution in [0.1, 0.15) is 23.6 Å². The molecule has 1 aromatic carbocycles. The topological polar surface area (TPSA) is 46.2 Å². The highest BCUT2D eigenvalue weighted by Gasteiger charge is 2.13. The fraction of sp³-hybridized carbons (Fsp3) is 0.400. The lowest BCUT2D eigenvalue weighted by Gasteiger charge is -2.12. The van der Waals surface area contributed by atoms with Gasteiger partial charge in [-0.2, -0.15) is 0 Å². The highest BCUT2D eigenvalue weighted by Crippen LogP contribution is 2.21. The number of nitrogens with two attached hydrogens (primary N) is 1. The van der Waals surface area contributed by atoms with E-state index in [2.05, 4.69) is 0 Å². The summed E-state index contributed by atoms with van der Waals surface area (Å²) >= 11 is 0. The predicted molar refractivity (Wildman–Crippen MR) is 49.7 cm³/mol. The van der Waals surface area contributed by atoms with Gasteiger partial charge in [-0.25, -0.2) is 8.78 Å². The highest BCUT2D eigenvalue weighted by atomic mass is 19.1. The predicted octanol–water partition coefficient (Wildman–Crippen LogP) is 1.66. The van der Waals surface area contributed by atoms with Crippen LogP contribution in [0.25, 0.3) is 0 Å². The summed E-state index contributed by atoms with van der Waals surface area (Å²) in [5, 5.41) is 8.64. The van der Waals surface area contributed by atoms with Gasteiger partial charge >= 0.3 is 0 Å². The molecule has 0 bridgehead atoms. The van der Waals surface area contributed by atoms with Gasteiger partial charge in [0, 0.05) is 24.3 Å². The third-order valence-corrected chi connectivity index (χ3v) is 2.12. The van der Waals surface area contributed by atoms with Gasteiger partial charge in [0.25, 0.3) is 0 Å². The summed E-state index contributed by atoms with van der Waals surface area (Å²) in [7, 11) is 0. The molecule has 1 aromatic rings. The first-order valence-electron chi connectivity index (χ1n) is 4.38. The largest absolute Gasteiger partial charge is 0.396 e. The lowest BCUT2D eigenvalue weighted by atomic mass is 10.0. The Kier molecular flexibility index (Phi) is 3.55. The molecule has 0 radical (unpaired) electrons. The monoisotopic (exact) mass is 201 g/mol. The number of hydrogen-bond acceptors (Lipinski definition) is 2. The van der Waals surface area contributed by atoms with Crippen LogP contribution < -0.4 is 5.73 Å². The zero-order valence-corrected chi connectivity index (χ0v) is 7.93. The first-order chi connectivity index (χ1) is 6.56. The summed E-state index contributed by atoms with van der Waals surface area (Å²) in [5.41, 5.74) is 6.21. The van der Waals surface area contributed by atoms with E-state index < -0.39 is 17.7 Å². The first kappa shape index (κ1) is 11.1. The van der Waals surface area contributed by atoms with Crippen LogP contribution in [0.15, 0.2) is 12.1 Å². The molecular weight excluding hydrogens is 188 g/mol. The van der Waals surface area contributed by atoms with Gasteiger partial charge in [0.15, 0.2) is 0 Å². The Morgan fingerprint density at radius 3 is 2.57 bits per heavy atom. The third-order valence-electron chi connectivity index (χ3n) is 2.12. The van der Waals surface area contributed by atoms with Gasteiger partial charge in [0.2, 0.25) is 0 Å². The quantitative estimate of drug-likeness (QED) is 0.781. The molecular formula is C10H13F2NO. The maximum absolute atomic E-state index is 13.2. The van der Waals surface area contributed by atoms with Crippen LogP contribution in [0.2, 0.25) is 0 Å². The Labute approximate surface area is 81.4 Å². The summed E-state index contributed by atoms with van der Waals surface area (Å²) in [5.74, 6) is -1.24. The van der Waals surface area contributed by atoms with Crippen molar-refractivity contribution in [1.82, 2.24) is 0 Å². The molecule has 0 fully saturated rings. The van der Waals surface area contributed by atoms with E-state index >= 15 is 0 Å². The molecule has 2 nitrogen and oxygen atoms in total. The lowest BCUT2D eigenvalue weighted by Crippen LogP contribution is -2.14. The second-order valence-corrected chi connectivity index (χ2v) is 3.24. The summed E-state index contributed by atoms with van der Waals surface area (Å²) in [6.45, 7) is 1.43. The Morgan fingerprint density at radius 2 is 2.00 bits per heavy atom. The molecule has 1 rings (SSSR count). The van der Waals surface area contributed by atoms with Crippen molar-refractivity contribution in [3.8, 4) is 0 Å². The normalized spacial score (nSPS) is 12.9. The smallest absolute Gasteiger partial charge is 0.130 e. The van der Waals surface area contributed by atoms with Crippen molar-refractivity contribution in [1.29, 1.82) is 0 Å². The van der Waals surface area contributed by atoms with Crippen molar-refractivity contribution in [2.24, 2.45) is 5.73 Å². The average Bonchev–Trinajstić information content (AvgIpc) is 2.11. The van der Waals surface area contributed by atoms with E-state index in [1.807, 2.05) is 0 Å². The molecule has 0 heterocycles. The van der Waals surface area contributed by atoms with Crippen molar-refractivity contribution >= 4 is 0 Å². The second kappa shape index (κ2) is 4.48. The van der Waals surface area contributed by atoms with Crippen LogP contribution in [0.5, 0.6) is 0 Å². The van der Waals surface area contributed by atoms with Gasteiger partial charge in [-0.1, -0.05) is 0 Å². The van der Waals surface area contributed by atoms with E-state index in [9.17, 15) is 8.78 Å².